The van der Waals surface area contributed by atoms with Gasteiger partial charge < -0.3 is 15.1 Å². The van der Waals surface area contributed by atoms with Crippen LogP contribution in [-0.2, 0) is 0 Å². The van der Waals surface area contributed by atoms with Crippen LogP contribution in [0.4, 0.5) is 11.5 Å². The molecule has 6 nitrogen and oxygen atoms in total. The second-order valence-electron chi connectivity index (χ2n) is 8.79. The van der Waals surface area contributed by atoms with Gasteiger partial charge in [-0.15, -0.1) is 0 Å². The molecule has 34 heavy (non-hydrogen) atoms. The molecule has 0 unspecified atom stereocenters. The summed E-state index contributed by atoms with van der Waals surface area (Å²) in [7, 11) is 2.17. The lowest BCUT2D eigenvalue weighted by Crippen LogP contribution is -2.44. The van der Waals surface area contributed by atoms with E-state index < -0.39 is 0 Å². The first-order valence-electron chi connectivity index (χ1n) is 12.0. The zero-order valence-electron chi connectivity index (χ0n) is 19.9. The van der Waals surface area contributed by atoms with Gasteiger partial charge in [0.15, 0.2) is 5.78 Å². The van der Waals surface area contributed by atoms with Gasteiger partial charge in [0.2, 0.25) is 0 Å². The fourth-order valence-corrected chi connectivity index (χ4v) is 3.99. The molecule has 1 fully saturated rings. The third kappa shape index (κ3) is 7.33. The van der Waals surface area contributed by atoms with E-state index in [1.807, 2.05) is 60.7 Å². The number of piperazine rings is 1. The van der Waals surface area contributed by atoms with Gasteiger partial charge in [0.25, 0.3) is 0 Å². The van der Waals surface area contributed by atoms with E-state index in [2.05, 4.69) is 32.1 Å². The lowest BCUT2D eigenvalue weighted by Gasteiger charge is -2.32. The number of Topliss-reactive ketones (excluding diaryl/α,β-unsaturated/α-hetero) is 1. The van der Waals surface area contributed by atoms with Crippen LogP contribution in [0.2, 0.25) is 0 Å². The molecule has 1 aliphatic heterocycles. The number of aromatic nitrogens is 2. The van der Waals surface area contributed by atoms with Gasteiger partial charge in [0.05, 0.1) is 5.69 Å². The highest BCUT2D eigenvalue weighted by Crippen LogP contribution is 2.18. The number of hydrogen-bond donors (Lipinski definition) is 1. The van der Waals surface area contributed by atoms with Crippen molar-refractivity contribution in [2.75, 3.05) is 45.1 Å². The van der Waals surface area contributed by atoms with Crippen molar-refractivity contribution in [2.24, 2.45) is 0 Å². The van der Waals surface area contributed by atoms with Crippen molar-refractivity contribution in [3.63, 3.8) is 0 Å². The van der Waals surface area contributed by atoms with E-state index in [0.717, 1.165) is 62.5 Å². The Kier molecular flexibility index (Phi) is 8.54. The normalized spacial score (nSPS) is 15.0. The first-order valence-corrected chi connectivity index (χ1v) is 12.0. The monoisotopic (exact) mass is 455 g/mol. The Labute approximate surface area is 202 Å². The Morgan fingerprint density at radius 2 is 1.76 bits per heavy atom. The number of rotatable bonds is 10. The smallest absolute Gasteiger partial charge is 0.163 e. The topological polar surface area (TPSA) is 61.4 Å². The molecule has 3 heterocycles. The number of anilines is 2. The van der Waals surface area contributed by atoms with Gasteiger partial charge >= 0.3 is 0 Å². The molecule has 0 radical (unpaired) electrons. The number of carbonyl (C=O) groups is 1. The zero-order valence-corrected chi connectivity index (χ0v) is 19.9. The molecule has 3 aromatic rings. The molecule has 1 N–H and O–H groups in total. The van der Waals surface area contributed by atoms with Crippen molar-refractivity contribution < 1.29 is 4.79 Å². The third-order valence-corrected chi connectivity index (χ3v) is 6.12. The second kappa shape index (κ2) is 12.2. The highest BCUT2D eigenvalue weighted by Gasteiger charge is 2.13. The van der Waals surface area contributed by atoms with Gasteiger partial charge in [0.1, 0.15) is 5.82 Å². The molecule has 1 aliphatic rings. The minimum absolute atomic E-state index is 0.179. The Morgan fingerprint density at radius 1 is 0.941 bits per heavy atom. The van der Waals surface area contributed by atoms with Crippen LogP contribution in [0, 0.1) is 0 Å². The van der Waals surface area contributed by atoms with Crippen LogP contribution in [0.3, 0.4) is 0 Å². The van der Waals surface area contributed by atoms with Crippen molar-refractivity contribution in [1.82, 2.24) is 19.8 Å². The van der Waals surface area contributed by atoms with Crippen molar-refractivity contribution in [1.29, 1.82) is 0 Å². The maximum Gasteiger partial charge on any atom is 0.163 e. The molecular formula is C28H33N5O. The predicted molar refractivity (Wildman–Crippen MR) is 139 cm³/mol. The summed E-state index contributed by atoms with van der Waals surface area (Å²) in [6.07, 6.45) is 10.1. The highest BCUT2D eigenvalue weighted by atomic mass is 16.1. The van der Waals surface area contributed by atoms with Crippen LogP contribution in [0.5, 0.6) is 0 Å². The summed E-state index contributed by atoms with van der Waals surface area (Å²) in [5, 5.41) is 3.30. The van der Waals surface area contributed by atoms with Crippen molar-refractivity contribution >= 4 is 29.4 Å². The van der Waals surface area contributed by atoms with Crippen LogP contribution < -0.4 is 5.32 Å². The number of nitrogens with zero attached hydrogens (tertiary/aromatic N) is 4. The summed E-state index contributed by atoms with van der Waals surface area (Å²) in [6, 6.07) is 17.6. The lowest BCUT2D eigenvalue weighted by atomic mass is 10.1. The van der Waals surface area contributed by atoms with Gasteiger partial charge in [-0.25, -0.2) is 4.98 Å². The van der Waals surface area contributed by atoms with E-state index >= 15 is 0 Å². The van der Waals surface area contributed by atoms with E-state index in [1.54, 1.807) is 18.5 Å². The van der Waals surface area contributed by atoms with E-state index in [-0.39, 0.29) is 5.78 Å². The fraction of sp³-hybridized carbons (Fsp3) is 0.321. The van der Waals surface area contributed by atoms with E-state index in [0.29, 0.717) is 17.8 Å². The Hall–Kier alpha value is -3.35. The predicted octanol–water partition coefficient (Wildman–Crippen LogP) is 4.99. The molecular weight excluding hydrogens is 422 g/mol. The molecule has 0 amide bonds. The maximum atomic E-state index is 12.7. The number of carbonyl (C=O) groups excluding carboxylic acids is 1. The fourth-order valence-electron chi connectivity index (χ4n) is 3.99. The quantitative estimate of drug-likeness (QED) is 0.343. The standard InChI is InChI=1S/C28H33N5O/c1-32-18-20-33(21-19-32)17-5-3-7-27(34)24-14-16-30-28(22-24)31-26-12-9-23(10-13-26)8-11-25-6-2-4-15-29-25/h2,4,6,8-16,22H,3,5,7,17-21H2,1H3,(H,30,31)/b11-8+. The number of unbranched alkanes of at least 4 members (excludes halogenated alkanes) is 1. The maximum absolute atomic E-state index is 12.7. The van der Waals surface area contributed by atoms with Gasteiger partial charge in [-0.1, -0.05) is 24.3 Å². The number of hydrogen-bond acceptors (Lipinski definition) is 6. The molecule has 0 atom stereocenters. The van der Waals surface area contributed by atoms with E-state index in [1.165, 1.54) is 0 Å². The Morgan fingerprint density at radius 3 is 2.53 bits per heavy atom. The Bertz CT molecular complexity index is 1070. The number of pyridine rings is 2. The highest BCUT2D eigenvalue weighted by molar-refractivity contribution is 5.96. The van der Waals surface area contributed by atoms with Gasteiger partial charge in [-0.3, -0.25) is 9.78 Å². The van der Waals surface area contributed by atoms with Crippen LogP contribution in [0.1, 0.15) is 40.9 Å². The minimum atomic E-state index is 0.179. The van der Waals surface area contributed by atoms with Crippen molar-refractivity contribution in [3.05, 3.63) is 83.8 Å². The van der Waals surface area contributed by atoms with Crippen molar-refractivity contribution in [2.45, 2.75) is 19.3 Å². The summed E-state index contributed by atoms with van der Waals surface area (Å²) in [5.74, 6) is 0.860. The average Bonchev–Trinajstić information content (AvgIpc) is 2.88. The molecule has 0 spiro atoms. The summed E-state index contributed by atoms with van der Waals surface area (Å²) in [6.45, 7) is 5.61. The first-order chi connectivity index (χ1) is 16.7. The minimum Gasteiger partial charge on any atom is -0.340 e. The van der Waals surface area contributed by atoms with Crippen molar-refractivity contribution in [3.8, 4) is 0 Å². The third-order valence-electron chi connectivity index (χ3n) is 6.12. The van der Waals surface area contributed by atoms with E-state index in [4.69, 9.17) is 0 Å². The van der Waals surface area contributed by atoms with E-state index in [9.17, 15) is 4.79 Å². The van der Waals surface area contributed by atoms with Gasteiger partial charge in [-0.05, 0) is 74.5 Å². The molecule has 4 rings (SSSR count). The second-order valence-corrected chi connectivity index (χ2v) is 8.79. The lowest BCUT2D eigenvalue weighted by molar-refractivity contribution is 0.0975. The molecule has 6 heteroatoms. The molecule has 0 bridgehead atoms. The van der Waals surface area contributed by atoms with Gasteiger partial charge in [-0.2, -0.15) is 0 Å². The zero-order chi connectivity index (χ0) is 23.6. The summed E-state index contributed by atoms with van der Waals surface area (Å²) in [5.41, 5.74) is 3.66. The average molecular weight is 456 g/mol. The number of benzene rings is 1. The molecule has 1 saturated heterocycles. The largest absolute Gasteiger partial charge is 0.340 e. The molecule has 176 valence electrons. The molecule has 0 aliphatic carbocycles. The van der Waals surface area contributed by atoms with Crippen LogP contribution in [0.15, 0.2) is 67.0 Å². The summed E-state index contributed by atoms with van der Waals surface area (Å²) in [4.78, 5) is 26.2. The Balaban J connectivity index is 1.25. The summed E-state index contributed by atoms with van der Waals surface area (Å²) < 4.78 is 0. The van der Waals surface area contributed by atoms with Gasteiger partial charge in [0, 0.05) is 56.2 Å². The van der Waals surface area contributed by atoms with Crippen LogP contribution in [-0.4, -0.2) is 65.3 Å². The number of nitrogens with one attached hydrogen (secondary N) is 1. The van der Waals surface area contributed by atoms with Crippen LogP contribution >= 0.6 is 0 Å². The number of ketones is 1. The van der Waals surface area contributed by atoms with Crippen LogP contribution in [0.25, 0.3) is 12.2 Å². The molecule has 0 saturated carbocycles. The molecule has 1 aromatic carbocycles. The SMILES string of the molecule is CN1CCN(CCCCC(=O)c2ccnc(Nc3ccc(/C=C/c4ccccn4)cc3)c2)CC1. The summed E-state index contributed by atoms with van der Waals surface area (Å²) >= 11 is 0. The molecule has 2 aromatic heterocycles. The first kappa shape index (κ1) is 23.8. The number of likely N-dealkylation sites (N-methyl/N-ethyl adjacent to an activating group) is 1.